The van der Waals surface area contributed by atoms with Crippen LogP contribution in [0.2, 0.25) is 0 Å². The van der Waals surface area contributed by atoms with Gasteiger partial charge in [-0.05, 0) is 49.9 Å². The van der Waals surface area contributed by atoms with E-state index in [-0.39, 0.29) is 11.2 Å². The summed E-state index contributed by atoms with van der Waals surface area (Å²) >= 11 is 0. The summed E-state index contributed by atoms with van der Waals surface area (Å²) in [6.45, 7) is 0. The summed E-state index contributed by atoms with van der Waals surface area (Å²) in [4.78, 5) is 11.2. The van der Waals surface area contributed by atoms with Crippen molar-refractivity contribution >= 4 is 0 Å². The molecule has 0 spiro atoms. The van der Waals surface area contributed by atoms with E-state index in [0.717, 1.165) is 24.3 Å². The minimum atomic E-state index is -0.373. The van der Waals surface area contributed by atoms with Crippen molar-refractivity contribution in [3.63, 3.8) is 0 Å². The number of aromatic nitrogens is 1. The lowest BCUT2D eigenvalue weighted by Gasteiger charge is -2.13. The predicted octanol–water partition coefficient (Wildman–Crippen LogP) is 2.86. The Morgan fingerprint density at radius 1 is 1.10 bits per heavy atom. The maximum Gasteiger partial charge on any atom is 0.223 e. The Hall–Kier alpha value is -2.23. The van der Waals surface area contributed by atoms with Gasteiger partial charge in [-0.2, -0.15) is 0 Å². The summed E-state index contributed by atoms with van der Waals surface area (Å²) in [6.07, 6.45) is 8.16. The number of benzene rings is 1. The summed E-state index contributed by atoms with van der Waals surface area (Å²) in [6, 6.07) is 9.01. The lowest BCUT2D eigenvalue weighted by molar-refractivity contribution is 0.210. The van der Waals surface area contributed by atoms with Crippen LogP contribution in [0.15, 0.2) is 47.5 Å². The van der Waals surface area contributed by atoms with Gasteiger partial charge in [0.05, 0.1) is 12.3 Å². The SMILES string of the molecule is O=c1ccn(-c2ccc(OC3CCCC3)cc2)cc1O. The molecule has 0 atom stereocenters. The largest absolute Gasteiger partial charge is 0.503 e. The van der Waals surface area contributed by atoms with E-state index in [0.29, 0.717) is 6.10 Å². The average Bonchev–Trinajstić information content (AvgIpc) is 2.96. The van der Waals surface area contributed by atoms with Gasteiger partial charge in [-0.1, -0.05) is 0 Å². The summed E-state index contributed by atoms with van der Waals surface area (Å²) in [5.41, 5.74) is 0.501. The summed E-state index contributed by atoms with van der Waals surface area (Å²) in [5, 5.41) is 9.45. The highest BCUT2D eigenvalue weighted by molar-refractivity contribution is 5.38. The van der Waals surface area contributed by atoms with Gasteiger partial charge < -0.3 is 14.4 Å². The molecular formula is C16H17NO3. The Labute approximate surface area is 117 Å². The molecule has 1 aromatic carbocycles. The zero-order valence-electron chi connectivity index (χ0n) is 11.2. The molecule has 2 aromatic rings. The van der Waals surface area contributed by atoms with Gasteiger partial charge >= 0.3 is 0 Å². The van der Waals surface area contributed by atoms with Crippen LogP contribution >= 0.6 is 0 Å². The quantitative estimate of drug-likeness (QED) is 0.934. The molecule has 0 bridgehead atoms. The van der Waals surface area contributed by atoms with Gasteiger partial charge in [0, 0.05) is 18.0 Å². The highest BCUT2D eigenvalue weighted by Crippen LogP contribution is 2.24. The molecule has 0 saturated heterocycles. The average molecular weight is 271 g/mol. The van der Waals surface area contributed by atoms with E-state index >= 15 is 0 Å². The smallest absolute Gasteiger partial charge is 0.223 e. The summed E-state index contributed by atoms with van der Waals surface area (Å²) in [5.74, 6) is 0.615. The minimum absolute atomic E-state index is 0.251. The number of hydrogen-bond donors (Lipinski definition) is 1. The maximum absolute atomic E-state index is 11.2. The zero-order valence-corrected chi connectivity index (χ0v) is 11.2. The molecule has 104 valence electrons. The molecule has 1 fully saturated rings. The Bertz CT molecular complexity index is 640. The molecule has 1 aliphatic rings. The molecule has 1 N–H and O–H groups in total. The maximum atomic E-state index is 11.2. The molecule has 3 rings (SSSR count). The van der Waals surface area contributed by atoms with Gasteiger partial charge in [-0.3, -0.25) is 4.79 Å². The number of hydrogen-bond acceptors (Lipinski definition) is 3. The van der Waals surface area contributed by atoms with Crippen LogP contribution in [-0.4, -0.2) is 15.8 Å². The second-order valence-corrected chi connectivity index (χ2v) is 5.12. The third-order valence-electron chi connectivity index (χ3n) is 3.64. The van der Waals surface area contributed by atoms with Crippen LogP contribution in [0, 0.1) is 0 Å². The van der Waals surface area contributed by atoms with E-state index < -0.39 is 0 Å². The van der Waals surface area contributed by atoms with Gasteiger partial charge in [-0.25, -0.2) is 0 Å². The first-order valence-electron chi connectivity index (χ1n) is 6.91. The topological polar surface area (TPSA) is 51.5 Å². The van der Waals surface area contributed by atoms with Crippen LogP contribution in [0.5, 0.6) is 11.5 Å². The molecule has 1 aromatic heterocycles. The van der Waals surface area contributed by atoms with E-state index in [1.54, 1.807) is 10.8 Å². The lowest BCUT2D eigenvalue weighted by atomic mass is 10.2. The van der Waals surface area contributed by atoms with Crippen LogP contribution in [-0.2, 0) is 0 Å². The van der Waals surface area contributed by atoms with Crippen molar-refractivity contribution in [2.45, 2.75) is 31.8 Å². The summed E-state index contributed by atoms with van der Waals surface area (Å²) < 4.78 is 7.60. The first-order valence-corrected chi connectivity index (χ1v) is 6.91. The second-order valence-electron chi connectivity index (χ2n) is 5.12. The molecule has 1 aliphatic carbocycles. The third kappa shape index (κ3) is 2.69. The van der Waals surface area contributed by atoms with Crippen LogP contribution < -0.4 is 10.2 Å². The molecule has 4 heteroatoms. The van der Waals surface area contributed by atoms with E-state index in [9.17, 15) is 9.90 Å². The number of ether oxygens (including phenoxy) is 1. The first kappa shape index (κ1) is 12.8. The molecule has 20 heavy (non-hydrogen) atoms. The molecule has 0 unspecified atom stereocenters. The normalized spacial score (nSPS) is 15.4. The van der Waals surface area contributed by atoms with Gasteiger partial charge in [0.15, 0.2) is 5.75 Å². The fraction of sp³-hybridized carbons (Fsp3) is 0.312. The molecule has 1 saturated carbocycles. The van der Waals surface area contributed by atoms with Crippen LogP contribution in [0.25, 0.3) is 5.69 Å². The van der Waals surface area contributed by atoms with Crippen molar-refractivity contribution in [3.8, 4) is 17.2 Å². The van der Waals surface area contributed by atoms with Crippen LogP contribution in [0.4, 0.5) is 0 Å². The highest BCUT2D eigenvalue weighted by Gasteiger charge is 2.16. The Kier molecular flexibility index (Phi) is 3.46. The van der Waals surface area contributed by atoms with Gasteiger partial charge in [0.25, 0.3) is 0 Å². The molecule has 0 amide bonds. The molecule has 4 nitrogen and oxygen atoms in total. The standard InChI is InChI=1S/C16H17NO3/c18-15-9-10-17(11-16(15)19)12-5-7-14(8-6-12)20-13-3-1-2-4-13/h5-11,13,19H,1-4H2. The number of rotatable bonds is 3. The van der Waals surface area contributed by atoms with Crippen molar-refractivity contribution < 1.29 is 9.84 Å². The number of nitrogens with zero attached hydrogens (tertiary/aromatic N) is 1. The third-order valence-corrected chi connectivity index (χ3v) is 3.64. The summed E-state index contributed by atoms with van der Waals surface area (Å²) in [7, 11) is 0. The van der Waals surface area contributed by atoms with E-state index in [1.165, 1.54) is 25.1 Å². The van der Waals surface area contributed by atoms with Gasteiger partial charge in [-0.15, -0.1) is 0 Å². The van der Waals surface area contributed by atoms with Crippen LogP contribution in [0.3, 0.4) is 0 Å². The van der Waals surface area contributed by atoms with E-state index in [1.807, 2.05) is 24.3 Å². The van der Waals surface area contributed by atoms with Crippen molar-refractivity contribution in [2.75, 3.05) is 0 Å². The molecule has 0 radical (unpaired) electrons. The van der Waals surface area contributed by atoms with Gasteiger partial charge in [0.1, 0.15) is 5.75 Å². The Morgan fingerprint density at radius 2 is 1.80 bits per heavy atom. The predicted molar refractivity (Wildman–Crippen MR) is 76.6 cm³/mol. The highest BCUT2D eigenvalue weighted by atomic mass is 16.5. The van der Waals surface area contributed by atoms with Crippen molar-refractivity contribution in [2.24, 2.45) is 0 Å². The van der Waals surface area contributed by atoms with Crippen molar-refractivity contribution in [3.05, 3.63) is 52.9 Å². The van der Waals surface area contributed by atoms with Gasteiger partial charge in [0.2, 0.25) is 5.43 Å². The van der Waals surface area contributed by atoms with Crippen molar-refractivity contribution in [1.82, 2.24) is 4.57 Å². The fourth-order valence-corrected chi connectivity index (χ4v) is 2.53. The first-order chi connectivity index (χ1) is 9.72. The van der Waals surface area contributed by atoms with E-state index in [4.69, 9.17) is 4.74 Å². The zero-order chi connectivity index (χ0) is 13.9. The molecular weight excluding hydrogens is 254 g/mol. The number of aromatic hydroxyl groups is 1. The minimum Gasteiger partial charge on any atom is -0.503 e. The van der Waals surface area contributed by atoms with Crippen molar-refractivity contribution in [1.29, 1.82) is 0 Å². The Morgan fingerprint density at radius 3 is 2.45 bits per heavy atom. The van der Waals surface area contributed by atoms with Crippen LogP contribution in [0.1, 0.15) is 25.7 Å². The number of pyridine rings is 1. The lowest BCUT2D eigenvalue weighted by Crippen LogP contribution is -2.10. The van der Waals surface area contributed by atoms with E-state index in [2.05, 4.69) is 0 Å². The second kappa shape index (κ2) is 5.41. The monoisotopic (exact) mass is 271 g/mol. The Balaban J connectivity index is 1.77. The molecule has 0 aliphatic heterocycles. The molecule has 1 heterocycles. The fourth-order valence-electron chi connectivity index (χ4n) is 2.53.